The minimum atomic E-state index is -0.878. The van der Waals surface area contributed by atoms with Crippen molar-refractivity contribution < 1.29 is 19.1 Å². The molecule has 30 heavy (non-hydrogen) atoms. The lowest BCUT2D eigenvalue weighted by atomic mass is 9.87. The molecule has 2 aromatic carbocycles. The second kappa shape index (κ2) is 10.4. The number of carbonyl (C=O) groups excluding carboxylic acids is 3. The molecule has 6 heteroatoms. The van der Waals surface area contributed by atoms with E-state index in [4.69, 9.17) is 4.74 Å². The van der Waals surface area contributed by atoms with E-state index in [0.717, 1.165) is 11.1 Å². The van der Waals surface area contributed by atoms with Crippen molar-refractivity contribution in [2.75, 3.05) is 11.9 Å². The van der Waals surface area contributed by atoms with Crippen molar-refractivity contribution in [3.05, 3.63) is 71.8 Å². The Bertz CT molecular complexity index is 897. The van der Waals surface area contributed by atoms with Crippen LogP contribution in [0, 0.1) is 0 Å². The van der Waals surface area contributed by atoms with Crippen molar-refractivity contribution in [3.8, 4) is 0 Å². The summed E-state index contributed by atoms with van der Waals surface area (Å²) in [6, 6.07) is 16.0. The first kappa shape index (κ1) is 22.9. The van der Waals surface area contributed by atoms with Crippen molar-refractivity contribution in [1.82, 2.24) is 5.32 Å². The monoisotopic (exact) mass is 408 g/mol. The Morgan fingerprint density at radius 1 is 1.00 bits per heavy atom. The molecule has 1 atom stereocenters. The van der Waals surface area contributed by atoms with E-state index in [0.29, 0.717) is 5.69 Å². The summed E-state index contributed by atoms with van der Waals surface area (Å²) in [5, 5.41) is 5.19. The van der Waals surface area contributed by atoms with Gasteiger partial charge in [-0.2, -0.15) is 0 Å². The minimum absolute atomic E-state index is 0.0227. The van der Waals surface area contributed by atoms with Gasteiger partial charge in [0.25, 0.3) is 5.91 Å². The number of ether oxygens (including phenoxy) is 1. The van der Waals surface area contributed by atoms with Gasteiger partial charge in [0.1, 0.15) is 6.04 Å². The lowest BCUT2D eigenvalue weighted by Gasteiger charge is -2.19. The number of benzene rings is 2. The van der Waals surface area contributed by atoms with E-state index in [-0.39, 0.29) is 5.41 Å². The number of nitrogens with one attached hydrogen (secondary N) is 2. The van der Waals surface area contributed by atoms with E-state index < -0.39 is 30.4 Å². The van der Waals surface area contributed by atoms with Crippen molar-refractivity contribution in [2.24, 2.45) is 0 Å². The molecule has 2 aromatic rings. The average molecular weight is 408 g/mol. The van der Waals surface area contributed by atoms with Crippen LogP contribution < -0.4 is 10.6 Å². The number of carbonyl (C=O) groups is 3. The number of esters is 1. The first-order chi connectivity index (χ1) is 14.1. The van der Waals surface area contributed by atoms with Gasteiger partial charge >= 0.3 is 5.97 Å². The van der Waals surface area contributed by atoms with Crippen LogP contribution in [-0.2, 0) is 24.5 Å². The van der Waals surface area contributed by atoms with Crippen LogP contribution in [0.4, 0.5) is 5.69 Å². The molecule has 0 bridgehead atoms. The predicted octanol–water partition coefficient (Wildman–Crippen LogP) is 3.68. The molecule has 0 aromatic heterocycles. The van der Waals surface area contributed by atoms with Gasteiger partial charge in [0, 0.05) is 11.8 Å². The van der Waals surface area contributed by atoms with E-state index in [1.54, 1.807) is 6.08 Å². The maximum atomic E-state index is 12.0. The van der Waals surface area contributed by atoms with Crippen LogP contribution in [0.25, 0.3) is 6.08 Å². The molecule has 0 aliphatic carbocycles. The van der Waals surface area contributed by atoms with E-state index in [9.17, 15) is 14.4 Å². The SMILES string of the molecule is C[C@H](NC(=O)/C=C/c1ccccc1)C(=O)OCC(=O)Nc1ccc(C(C)(C)C)cc1. The second-order valence-corrected chi connectivity index (χ2v) is 7.96. The summed E-state index contributed by atoms with van der Waals surface area (Å²) in [6.07, 6.45) is 2.98. The number of amides is 2. The fraction of sp³-hybridized carbons (Fsp3) is 0.292. The summed E-state index contributed by atoms with van der Waals surface area (Å²) < 4.78 is 4.99. The smallest absolute Gasteiger partial charge is 0.328 e. The van der Waals surface area contributed by atoms with Crippen LogP contribution in [0.2, 0.25) is 0 Å². The Morgan fingerprint density at radius 3 is 2.23 bits per heavy atom. The van der Waals surface area contributed by atoms with E-state index in [2.05, 4.69) is 31.4 Å². The van der Waals surface area contributed by atoms with Gasteiger partial charge < -0.3 is 15.4 Å². The molecule has 0 unspecified atom stereocenters. The lowest BCUT2D eigenvalue weighted by molar-refractivity contribution is -0.149. The summed E-state index contributed by atoms with van der Waals surface area (Å²) in [7, 11) is 0. The predicted molar refractivity (Wildman–Crippen MR) is 118 cm³/mol. The largest absolute Gasteiger partial charge is 0.454 e. The summed E-state index contributed by atoms with van der Waals surface area (Å²) in [5.41, 5.74) is 2.67. The van der Waals surface area contributed by atoms with Crippen molar-refractivity contribution in [2.45, 2.75) is 39.2 Å². The fourth-order valence-electron chi connectivity index (χ4n) is 2.57. The zero-order valence-electron chi connectivity index (χ0n) is 17.8. The van der Waals surface area contributed by atoms with Crippen LogP contribution in [0.1, 0.15) is 38.8 Å². The van der Waals surface area contributed by atoms with Crippen molar-refractivity contribution in [1.29, 1.82) is 0 Å². The van der Waals surface area contributed by atoms with Gasteiger partial charge in [-0.05, 0) is 41.7 Å². The molecule has 2 rings (SSSR count). The normalized spacial score (nSPS) is 12.3. The first-order valence-electron chi connectivity index (χ1n) is 9.76. The van der Waals surface area contributed by atoms with Crippen LogP contribution in [-0.4, -0.2) is 30.4 Å². The van der Waals surface area contributed by atoms with Crippen LogP contribution >= 0.6 is 0 Å². The van der Waals surface area contributed by atoms with E-state index in [1.165, 1.54) is 13.0 Å². The van der Waals surface area contributed by atoms with E-state index >= 15 is 0 Å². The first-order valence-corrected chi connectivity index (χ1v) is 9.76. The van der Waals surface area contributed by atoms with Gasteiger partial charge in [-0.15, -0.1) is 0 Å². The molecule has 158 valence electrons. The van der Waals surface area contributed by atoms with Crippen molar-refractivity contribution in [3.63, 3.8) is 0 Å². The van der Waals surface area contributed by atoms with Crippen LogP contribution in [0.5, 0.6) is 0 Å². The number of anilines is 1. The van der Waals surface area contributed by atoms with Gasteiger partial charge in [0.15, 0.2) is 6.61 Å². The summed E-state index contributed by atoms with van der Waals surface area (Å²) in [6.45, 7) is 7.39. The zero-order chi connectivity index (χ0) is 22.1. The number of hydrogen-bond acceptors (Lipinski definition) is 4. The Kier molecular flexibility index (Phi) is 7.92. The van der Waals surface area contributed by atoms with Gasteiger partial charge in [-0.25, -0.2) is 4.79 Å². The summed E-state index contributed by atoms with van der Waals surface area (Å²) in [5.74, 6) is -1.56. The third-order valence-electron chi connectivity index (χ3n) is 4.32. The molecule has 2 amide bonds. The lowest BCUT2D eigenvalue weighted by Crippen LogP contribution is -2.39. The molecular weight excluding hydrogens is 380 g/mol. The summed E-state index contributed by atoms with van der Waals surface area (Å²) >= 11 is 0. The van der Waals surface area contributed by atoms with Crippen molar-refractivity contribution >= 4 is 29.5 Å². The molecule has 2 N–H and O–H groups in total. The maximum Gasteiger partial charge on any atom is 0.328 e. The van der Waals surface area contributed by atoms with Gasteiger partial charge in [0.05, 0.1) is 0 Å². The second-order valence-electron chi connectivity index (χ2n) is 7.96. The highest BCUT2D eigenvalue weighted by Gasteiger charge is 2.18. The third-order valence-corrected chi connectivity index (χ3v) is 4.32. The highest BCUT2D eigenvalue weighted by molar-refractivity contribution is 5.95. The fourth-order valence-corrected chi connectivity index (χ4v) is 2.57. The molecule has 0 spiro atoms. The quantitative estimate of drug-likeness (QED) is 0.541. The average Bonchev–Trinajstić information content (AvgIpc) is 2.71. The molecule has 6 nitrogen and oxygen atoms in total. The third kappa shape index (κ3) is 7.54. The summed E-state index contributed by atoms with van der Waals surface area (Å²) in [4.78, 5) is 36.0. The molecule has 0 heterocycles. The molecule has 0 fully saturated rings. The maximum absolute atomic E-state index is 12.0. The molecule has 0 radical (unpaired) electrons. The van der Waals surface area contributed by atoms with Crippen LogP contribution in [0.15, 0.2) is 60.7 Å². The van der Waals surface area contributed by atoms with Gasteiger partial charge in [-0.1, -0.05) is 63.2 Å². The highest BCUT2D eigenvalue weighted by atomic mass is 16.5. The molecule has 0 saturated carbocycles. The number of hydrogen-bond donors (Lipinski definition) is 2. The standard InChI is InChI=1S/C24H28N2O4/c1-17(25-21(27)15-10-18-8-6-5-7-9-18)23(29)30-16-22(28)26-20-13-11-19(12-14-20)24(2,3)4/h5-15,17H,16H2,1-4H3,(H,25,27)(H,26,28)/b15-10+/t17-/m0/s1. The highest BCUT2D eigenvalue weighted by Crippen LogP contribution is 2.23. The Balaban J connectivity index is 1.76. The Labute approximate surface area is 177 Å². The topological polar surface area (TPSA) is 84.5 Å². The molecule has 0 aliphatic heterocycles. The Hall–Kier alpha value is -3.41. The minimum Gasteiger partial charge on any atom is -0.454 e. The molecular formula is C24H28N2O4. The number of rotatable bonds is 7. The zero-order valence-corrected chi connectivity index (χ0v) is 17.8. The van der Waals surface area contributed by atoms with Crippen LogP contribution in [0.3, 0.4) is 0 Å². The molecule has 0 saturated heterocycles. The Morgan fingerprint density at radius 2 is 1.63 bits per heavy atom. The van der Waals surface area contributed by atoms with E-state index in [1.807, 2.05) is 54.6 Å². The molecule has 0 aliphatic rings. The van der Waals surface area contributed by atoms with Gasteiger partial charge in [-0.3, -0.25) is 9.59 Å². The van der Waals surface area contributed by atoms with Gasteiger partial charge in [0.2, 0.25) is 5.91 Å².